The molecule has 31 heavy (non-hydrogen) atoms. The van der Waals surface area contributed by atoms with E-state index in [0.29, 0.717) is 18.9 Å². The summed E-state index contributed by atoms with van der Waals surface area (Å²) in [4.78, 5) is 20.9. The summed E-state index contributed by atoms with van der Waals surface area (Å²) < 4.78 is 64.0. The molecule has 1 amide bonds. The van der Waals surface area contributed by atoms with Crippen molar-refractivity contribution in [2.24, 2.45) is 0 Å². The summed E-state index contributed by atoms with van der Waals surface area (Å²) in [5.41, 5.74) is -1.52. The zero-order valence-electron chi connectivity index (χ0n) is 17.2. The van der Waals surface area contributed by atoms with E-state index < -0.39 is 35.4 Å². The Bertz CT molecular complexity index is 930. The Morgan fingerprint density at radius 1 is 1.23 bits per heavy atom. The highest BCUT2D eigenvalue weighted by atomic mass is 19.4. The van der Waals surface area contributed by atoms with Gasteiger partial charge in [-0.3, -0.25) is 0 Å². The molecule has 11 heteroatoms. The normalized spacial score (nSPS) is 17.4. The van der Waals surface area contributed by atoms with Gasteiger partial charge in [0.1, 0.15) is 11.7 Å². The highest BCUT2D eigenvalue weighted by Gasteiger charge is 2.32. The number of carbonyl (C=O) groups is 1. The number of hydrogen-bond donors (Lipinski definition) is 1. The smallest absolute Gasteiger partial charge is 0.419 e. The van der Waals surface area contributed by atoms with Crippen molar-refractivity contribution < 1.29 is 31.8 Å². The number of carbonyl (C=O) groups excluding carboxylic acids is 1. The Morgan fingerprint density at radius 2 is 1.90 bits per heavy atom. The van der Waals surface area contributed by atoms with Crippen LogP contribution in [0.1, 0.15) is 38.0 Å². The quantitative estimate of drug-likeness (QED) is 0.696. The van der Waals surface area contributed by atoms with Crippen LogP contribution in [0.3, 0.4) is 0 Å². The summed E-state index contributed by atoms with van der Waals surface area (Å²) in [5.74, 6) is -0.869. The molecule has 0 aliphatic carbocycles. The molecule has 0 spiro atoms. The van der Waals surface area contributed by atoms with E-state index in [1.54, 1.807) is 26.8 Å². The van der Waals surface area contributed by atoms with Crippen molar-refractivity contribution in [3.05, 3.63) is 47.5 Å². The number of amides is 1. The number of rotatable bonds is 3. The van der Waals surface area contributed by atoms with Crippen molar-refractivity contribution in [3.63, 3.8) is 0 Å². The number of morpholine rings is 1. The zero-order chi connectivity index (χ0) is 22.8. The van der Waals surface area contributed by atoms with Gasteiger partial charge in [0.15, 0.2) is 5.82 Å². The lowest BCUT2D eigenvalue weighted by molar-refractivity contribution is -0.138. The molecule has 0 unspecified atom stereocenters. The minimum Gasteiger partial charge on any atom is -0.444 e. The maximum Gasteiger partial charge on any atom is 0.419 e. The van der Waals surface area contributed by atoms with Crippen molar-refractivity contribution >= 4 is 17.7 Å². The zero-order valence-corrected chi connectivity index (χ0v) is 17.2. The van der Waals surface area contributed by atoms with Crippen molar-refractivity contribution in [2.75, 3.05) is 25.0 Å². The molecule has 0 bridgehead atoms. The number of nitrogens with zero attached hydrogens (tertiary/aromatic N) is 3. The molecule has 1 aromatic carbocycles. The van der Waals surface area contributed by atoms with Gasteiger partial charge in [0, 0.05) is 24.5 Å². The van der Waals surface area contributed by atoms with Crippen LogP contribution in [-0.2, 0) is 15.7 Å². The van der Waals surface area contributed by atoms with Crippen LogP contribution in [0.15, 0.2) is 30.6 Å². The van der Waals surface area contributed by atoms with E-state index in [-0.39, 0.29) is 30.4 Å². The first-order valence-corrected chi connectivity index (χ1v) is 9.48. The monoisotopic (exact) mass is 442 g/mol. The Kier molecular flexibility index (Phi) is 6.35. The summed E-state index contributed by atoms with van der Waals surface area (Å²) in [5, 5.41) is 2.57. The molecule has 1 fully saturated rings. The van der Waals surface area contributed by atoms with Crippen molar-refractivity contribution in [1.82, 2.24) is 14.9 Å². The van der Waals surface area contributed by atoms with Crippen molar-refractivity contribution in [3.8, 4) is 0 Å². The van der Waals surface area contributed by atoms with Gasteiger partial charge in [-0.1, -0.05) is 12.1 Å². The summed E-state index contributed by atoms with van der Waals surface area (Å²) in [6.45, 7) is 5.85. The van der Waals surface area contributed by atoms with E-state index in [0.717, 1.165) is 0 Å². The predicted octanol–water partition coefficient (Wildman–Crippen LogP) is 4.69. The first kappa shape index (κ1) is 22.7. The molecule has 2 aromatic rings. The second-order valence-electron chi connectivity index (χ2n) is 7.91. The van der Waals surface area contributed by atoms with Gasteiger partial charge in [0.05, 0.1) is 24.4 Å². The molecule has 2 heterocycles. The molecule has 3 rings (SSSR count). The number of ether oxygens (including phenoxy) is 2. The molecular weight excluding hydrogens is 420 g/mol. The van der Waals surface area contributed by atoms with Crippen LogP contribution in [0.4, 0.5) is 34.0 Å². The van der Waals surface area contributed by atoms with Crippen LogP contribution in [0, 0.1) is 5.82 Å². The number of nitrogens with one attached hydrogen (secondary N) is 1. The van der Waals surface area contributed by atoms with Gasteiger partial charge in [0.2, 0.25) is 5.95 Å². The first-order chi connectivity index (χ1) is 14.4. The van der Waals surface area contributed by atoms with Gasteiger partial charge in [-0.2, -0.15) is 13.2 Å². The number of aromatic nitrogens is 2. The van der Waals surface area contributed by atoms with E-state index in [4.69, 9.17) is 9.47 Å². The third kappa shape index (κ3) is 5.81. The fourth-order valence-corrected chi connectivity index (χ4v) is 2.88. The molecule has 168 valence electrons. The number of hydrogen-bond acceptors (Lipinski definition) is 6. The van der Waals surface area contributed by atoms with E-state index in [1.165, 1.54) is 17.0 Å². The second kappa shape index (κ2) is 8.66. The number of alkyl halides is 3. The summed E-state index contributed by atoms with van der Waals surface area (Å²) in [6, 6.07) is 4.46. The Balaban J connectivity index is 1.75. The summed E-state index contributed by atoms with van der Waals surface area (Å²) >= 11 is 0. The van der Waals surface area contributed by atoms with Crippen molar-refractivity contribution in [1.29, 1.82) is 0 Å². The van der Waals surface area contributed by atoms with Crippen LogP contribution in [0.2, 0.25) is 0 Å². The Labute approximate surface area is 176 Å². The lowest BCUT2D eigenvalue weighted by Crippen LogP contribution is -2.44. The highest BCUT2D eigenvalue weighted by Crippen LogP contribution is 2.31. The highest BCUT2D eigenvalue weighted by molar-refractivity contribution is 5.68. The predicted molar refractivity (Wildman–Crippen MR) is 103 cm³/mol. The molecule has 0 saturated carbocycles. The van der Waals surface area contributed by atoms with Crippen LogP contribution < -0.4 is 5.32 Å². The van der Waals surface area contributed by atoms with E-state index >= 15 is 4.39 Å². The maximum atomic E-state index is 15.1. The van der Waals surface area contributed by atoms with Gasteiger partial charge >= 0.3 is 12.3 Å². The SMILES string of the molecule is CC(C)(C)OC(=O)N1CCO[C@H](c2cccc(Nc3ncc(C(F)(F)F)cn3)c2F)C1. The topological polar surface area (TPSA) is 76.6 Å². The minimum atomic E-state index is -4.57. The third-order valence-corrected chi connectivity index (χ3v) is 4.32. The lowest BCUT2D eigenvalue weighted by Gasteiger charge is -2.34. The first-order valence-electron chi connectivity index (χ1n) is 9.48. The van der Waals surface area contributed by atoms with Gasteiger partial charge in [0.25, 0.3) is 0 Å². The molecule has 1 aliphatic rings. The van der Waals surface area contributed by atoms with Crippen LogP contribution in [0.25, 0.3) is 0 Å². The Hall–Kier alpha value is -2.95. The largest absolute Gasteiger partial charge is 0.444 e. The van der Waals surface area contributed by atoms with E-state index in [2.05, 4.69) is 15.3 Å². The second-order valence-corrected chi connectivity index (χ2v) is 7.91. The van der Waals surface area contributed by atoms with E-state index in [9.17, 15) is 18.0 Å². The minimum absolute atomic E-state index is 0.0322. The summed E-state index contributed by atoms with van der Waals surface area (Å²) in [6.07, 6.45) is -4.60. The van der Waals surface area contributed by atoms with Crippen LogP contribution >= 0.6 is 0 Å². The number of anilines is 2. The average Bonchev–Trinajstić information content (AvgIpc) is 2.68. The van der Waals surface area contributed by atoms with Gasteiger partial charge in [-0.15, -0.1) is 0 Å². The fourth-order valence-electron chi connectivity index (χ4n) is 2.88. The molecule has 1 aliphatic heterocycles. The molecule has 1 aromatic heterocycles. The molecule has 1 atom stereocenters. The average molecular weight is 442 g/mol. The molecule has 1 N–H and O–H groups in total. The molecule has 7 nitrogen and oxygen atoms in total. The number of benzene rings is 1. The fraction of sp³-hybridized carbons (Fsp3) is 0.450. The lowest BCUT2D eigenvalue weighted by atomic mass is 10.1. The third-order valence-electron chi connectivity index (χ3n) is 4.32. The van der Waals surface area contributed by atoms with E-state index in [1.807, 2.05) is 0 Å². The Morgan fingerprint density at radius 3 is 2.52 bits per heavy atom. The van der Waals surface area contributed by atoms with Gasteiger partial charge in [-0.05, 0) is 26.8 Å². The summed E-state index contributed by atoms with van der Waals surface area (Å²) in [7, 11) is 0. The van der Waals surface area contributed by atoms with Crippen LogP contribution in [-0.4, -0.2) is 46.3 Å². The number of halogens is 4. The standard InChI is InChI=1S/C20H22F4N4O3/c1-19(2,3)31-18(29)28-7-8-30-15(11-28)13-5-4-6-14(16(13)21)27-17-25-9-12(10-26-17)20(22,23)24/h4-6,9-10,15H,7-8,11H2,1-3H3,(H,25,26,27)/t15-/m0/s1. The van der Waals surface area contributed by atoms with Crippen molar-refractivity contribution in [2.45, 2.75) is 38.7 Å². The van der Waals surface area contributed by atoms with Crippen LogP contribution in [0.5, 0.6) is 0 Å². The van der Waals surface area contributed by atoms with Gasteiger partial charge < -0.3 is 19.7 Å². The maximum absolute atomic E-state index is 15.1. The molecular formula is C20H22F4N4O3. The molecule has 1 saturated heterocycles. The molecule has 0 radical (unpaired) electrons. The van der Waals surface area contributed by atoms with Gasteiger partial charge in [-0.25, -0.2) is 19.2 Å².